The minimum absolute atomic E-state index is 0.0916. The van der Waals surface area contributed by atoms with E-state index in [1.165, 1.54) is 19.1 Å². The van der Waals surface area contributed by atoms with E-state index < -0.39 is 30.6 Å². The van der Waals surface area contributed by atoms with Crippen LogP contribution < -0.4 is 10.1 Å². The largest absolute Gasteiger partial charge is 0.497 e. The van der Waals surface area contributed by atoms with Crippen molar-refractivity contribution in [2.45, 2.75) is 25.1 Å². The van der Waals surface area contributed by atoms with Gasteiger partial charge < -0.3 is 19.7 Å². The molecule has 6 nitrogen and oxygen atoms in total. The van der Waals surface area contributed by atoms with E-state index in [9.17, 15) is 22.8 Å². The standard InChI is InChI=1S/C18H23F3N2O4/c1-26-9-8-23-15(24)7-6-14(17(25)22-11-18(19,20)21)16(23)12-4-3-5-13(10-12)27-2/h3-5,10,14,16H,6-9,11H2,1-2H3,(H,22,25)/t14-,16+/m1/s1. The van der Waals surface area contributed by atoms with Crippen LogP contribution in [-0.2, 0) is 14.3 Å². The number of carbonyl (C=O) groups excluding carboxylic acids is 2. The van der Waals surface area contributed by atoms with Crippen LogP contribution in [0, 0.1) is 5.92 Å². The normalized spacial score (nSPS) is 20.5. The van der Waals surface area contributed by atoms with Gasteiger partial charge in [-0.1, -0.05) is 12.1 Å². The number of ether oxygens (including phenoxy) is 2. The lowest BCUT2D eigenvalue weighted by Crippen LogP contribution is -2.50. The van der Waals surface area contributed by atoms with Crippen LogP contribution in [0.2, 0.25) is 0 Å². The number of hydrogen-bond acceptors (Lipinski definition) is 4. The van der Waals surface area contributed by atoms with Gasteiger partial charge in [0.05, 0.1) is 25.7 Å². The Bertz CT molecular complexity index is 666. The molecule has 2 amide bonds. The number of amides is 2. The summed E-state index contributed by atoms with van der Waals surface area (Å²) in [6.45, 7) is -0.914. The van der Waals surface area contributed by atoms with Gasteiger partial charge in [0.25, 0.3) is 0 Å². The minimum Gasteiger partial charge on any atom is -0.497 e. The molecule has 1 heterocycles. The number of likely N-dealkylation sites (tertiary alicyclic amines) is 1. The summed E-state index contributed by atoms with van der Waals surface area (Å²) in [6.07, 6.45) is -4.23. The van der Waals surface area contributed by atoms with Gasteiger partial charge in [0, 0.05) is 20.1 Å². The Morgan fingerprint density at radius 3 is 2.70 bits per heavy atom. The van der Waals surface area contributed by atoms with E-state index in [0.717, 1.165) is 0 Å². The predicted octanol–water partition coefficient (Wildman–Crippen LogP) is 2.30. The number of benzene rings is 1. The predicted molar refractivity (Wildman–Crippen MR) is 91.1 cm³/mol. The average Bonchev–Trinajstić information content (AvgIpc) is 2.64. The molecule has 2 atom stereocenters. The molecule has 9 heteroatoms. The fourth-order valence-electron chi connectivity index (χ4n) is 3.24. The number of hydrogen-bond donors (Lipinski definition) is 1. The first-order chi connectivity index (χ1) is 12.8. The Kier molecular flexibility index (Phi) is 7.06. The van der Waals surface area contributed by atoms with Crippen molar-refractivity contribution in [3.63, 3.8) is 0 Å². The summed E-state index contributed by atoms with van der Waals surface area (Å²) in [7, 11) is 2.98. The van der Waals surface area contributed by atoms with Gasteiger partial charge in [-0.2, -0.15) is 13.2 Å². The maximum Gasteiger partial charge on any atom is 0.405 e. The summed E-state index contributed by atoms with van der Waals surface area (Å²) in [6, 6.07) is 6.16. The summed E-state index contributed by atoms with van der Waals surface area (Å²) in [5.41, 5.74) is 0.630. The summed E-state index contributed by atoms with van der Waals surface area (Å²) >= 11 is 0. The molecular weight excluding hydrogens is 365 g/mol. The van der Waals surface area contributed by atoms with Gasteiger partial charge in [-0.05, 0) is 24.1 Å². The van der Waals surface area contributed by atoms with Crippen LogP contribution in [0.15, 0.2) is 24.3 Å². The number of carbonyl (C=O) groups is 2. The third kappa shape index (κ3) is 5.59. The molecule has 0 aromatic heterocycles. The Morgan fingerprint density at radius 2 is 2.07 bits per heavy atom. The first-order valence-corrected chi connectivity index (χ1v) is 8.53. The van der Waals surface area contributed by atoms with Gasteiger partial charge in [-0.25, -0.2) is 0 Å². The Balaban J connectivity index is 2.34. The van der Waals surface area contributed by atoms with Gasteiger partial charge in [0.2, 0.25) is 11.8 Å². The molecular formula is C18H23F3N2O4. The molecule has 1 aromatic rings. The summed E-state index contributed by atoms with van der Waals surface area (Å²) in [5.74, 6) is -1.16. The number of methoxy groups -OCH3 is 2. The maximum absolute atomic E-state index is 12.5. The third-order valence-electron chi connectivity index (χ3n) is 4.48. The van der Waals surface area contributed by atoms with Crippen molar-refractivity contribution in [1.29, 1.82) is 0 Å². The lowest BCUT2D eigenvalue weighted by Gasteiger charge is -2.41. The van der Waals surface area contributed by atoms with Crippen LogP contribution >= 0.6 is 0 Å². The van der Waals surface area contributed by atoms with Crippen molar-refractivity contribution in [3.8, 4) is 5.75 Å². The molecule has 0 aliphatic carbocycles. The quantitative estimate of drug-likeness (QED) is 0.778. The number of nitrogens with zero attached hydrogens (tertiary/aromatic N) is 1. The molecule has 2 rings (SSSR count). The van der Waals surface area contributed by atoms with Crippen molar-refractivity contribution < 1.29 is 32.2 Å². The number of halogens is 3. The first-order valence-electron chi connectivity index (χ1n) is 8.53. The smallest absolute Gasteiger partial charge is 0.405 e. The lowest BCUT2D eigenvalue weighted by molar-refractivity contribution is -0.149. The van der Waals surface area contributed by atoms with Gasteiger partial charge in [-0.15, -0.1) is 0 Å². The molecule has 0 bridgehead atoms. The second kappa shape index (κ2) is 9.07. The molecule has 1 aromatic carbocycles. The van der Waals surface area contributed by atoms with E-state index in [4.69, 9.17) is 9.47 Å². The van der Waals surface area contributed by atoms with Crippen LogP contribution in [0.1, 0.15) is 24.4 Å². The highest BCUT2D eigenvalue weighted by Gasteiger charge is 2.41. The van der Waals surface area contributed by atoms with E-state index in [1.54, 1.807) is 24.3 Å². The van der Waals surface area contributed by atoms with E-state index in [2.05, 4.69) is 0 Å². The van der Waals surface area contributed by atoms with Crippen LogP contribution in [-0.4, -0.2) is 56.8 Å². The van der Waals surface area contributed by atoms with Gasteiger partial charge >= 0.3 is 6.18 Å². The topological polar surface area (TPSA) is 67.9 Å². The van der Waals surface area contributed by atoms with Crippen LogP contribution in [0.3, 0.4) is 0 Å². The van der Waals surface area contributed by atoms with Crippen molar-refractivity contribution in [2.24, 2.45) is 5.92 Å². The highest BCUT2D eigenvalue weighted by Crippen LogP contribution is 2.38. The van der Waals surface area contributed by atoms with E-state index in [1.807, 2.05) is 5.32 Å². The molecule has 0 spiro atoms. The molecule has 0 radical (unpaired) electrons. The fourth-order valence-corrected chi connectivity index (χ4v) is 3.24. The monoisotopic (exact) mass is 388 g/mol. The molecule has 27 heavy (non-hydrogen) atoms. The second-order valence-corrected chi connectivity index (χ2v) is 6.28. The Hall–Kier alpha value is -2.29. The van der Waals surface area contributed by atoms with Gasteiger partial charge in [-0.3, -0.25) is 9.59 Å². The lowest BCUT2D eigenvalue weighted by atomic mass is 9.83. The van der Waals surface area contributed by atoms with E-state index >= 15 is 0 Å². The van der Waals surface area contributed by atoms with Crippen molar-refractivity contribution in [1.82, 2.24) is 10.2 Å². The SMILES string of the molecule is COCCN1C(=O)CC[C@@H](C(=O)NCC(F)(F)F)[C@@H]1c1cccc(OC)c1. The van der Waals surface area contributed by atoms with Crippen LogP contribution in [0.25, 0.3) is 0 Å². The summed E-state index contributed by atoms with van der Waals surface area (Å²) < 4.78 is 47.7. The third-order valence-corrected chi connectivity index (χ3v) is 4.48. The van der Waals surface area contributed by atoms with Crippen molar-refractivity contribution in [3.05, 3.63) is 29.8 Å². The fraction of sp³-hybridized carbons (Fsp3) is 0.556. The van der Waals surface area contributed by atoms with Crippen LogP contribution in [0.4, 0.5) is 13.2 Å². The molecule has 0 unspecified atom stereocenters. The zero-order valence-corrected chi connectivity index (χ0v) is 15.2. The zero-order chi connectivity index (χ0) is 20.0. The number of rotatable bonds is 7. The van der Waals surface area contributed by atoms with Gasteiger partial charge in [0.1, 0.15) is 12.3 Å². The highest BCUT2D eigenvalue weighted by molar-refractivity contribution is 5.85. The van der Waals surface area contributed by atoms with Crippen molar-refractivity contribution >= 4 is 11.8 Å². The average molecular weight is 388 g/mol. The van der Waals surface area contributed by atoms with Crippen molar-refractivity contribution in [2.75, 3.05) is 33.9 Å². The second-order valence-electron chi connectivity index (χ2n) is 6.28. The molecule has 0 saturated carbocycles. The maximum atomic E-state index is 12.5. The van der Waals surface area contributed by atoms with Crippen LogP contribution in [0.5, 0.6) is 5.75 Å². The number of alkyl halides is 3. The highest BCUT2D eigenvalue weighted by atomic mass is 19.4. The minimum atomic E-state index is -4.50. The molecule has 150 valence electrons. The molecule has 1 aliphatic heterocycles. The van der Waals surface area contributed by atoms with Gasteiger partial charge in [0.15, 0.2) is 0 Å². The number of piperidine rings is 1. The number of nitrogens with one attached hydrogen (secondary N) is 1. The molecule has 1 aliphatic rings. The molecule has 1 saturated heterocycles. The van der Waals surface area contributed by atoms with E-state index in [-0.39, 0.29) is 31.9 Å². The summed E-state index contributed by atoms with van der Waals surface area (Å²) in [4.78, 5) is 26.4. The Morgan fingerprint density at radius 1 is 1.33 bits per heavy atom. The first kappa shape index (κ1) is 21.0. The molecule has 1 N–H and O–H groups in total. The summed E-state index contributed by atoms with van der Waals surface area (Å²) in [5, 5.41) is 1.95. The van der Waals surface area contributed by atoms with E-state index in [0.29, 0.717) is 11.3 Å². The molecule has 1 fully saturated rings. The zero-order valence-electron chi connectivity index (χ0n) is 15.2. The Labute approximate surface area is 155 Å².